The average Bonchev–Trinajstić information content (AvgIpc) is 2.52. The Labute approximate surface area is 139 Å². The molecule has 0 spiro atoms. The molecule has 0 saturated carbocycles. The summed E-state index contributed by atoms with van der Waals surface area (Å²) in [6, 6.07) is 6.67. The number of unbranched alkanes of at least 4 members (excludes halogenated alkanes) is 4. The molecule has 0 heterocycles. The highest BCUT2D eigenvalue weighted by Gasteiger charge is 2.12. The van der Waals surface area contributed by atoms with Gasteiger partial charge >= 0.3 is 0 Å². The van der Waals surface area contributed by atoms with Crippen molar-refractivity contribution in [3.8, 4) is 0 Å². The lowest BCUT2D eigenvalue weighted by Crippen LogP contribution is -2.34. The van der Waals surface area contributed by atoms with Crippen molar-refractivity contribution in [1.82, 2.24) is 10.0 Å². The Hall–Kier alpha value is -1.40. The molecule has 0 aliphatic carbocycles. The summed E-state index contributed by atoms with van der Waals surface area (Å²) in [5.74, 6) is -0.0176. The van der Waals surface area contributed by atoms with Gasteiger partial charge in [0.05, 0.1) is 4.90 Å². The Morgan fingerprint density at radius 1 is 1.00 bits per heavy atom. The highest BCUT2D eigenvalue weighted by molar-refractivity contribution is 7.89. The number of sulfonamides is 1. The molecule has 0 saturated heterocycles. The molecule has 6 heteroatoms. The third-order valence-electron chi connectivity index (χ3n) is 3.58. The van der Waals surface area contributed by atoms with E-state index in [0.29, 0.717) is 13.0 Å². The fourth-order valence-corrected chi connectivity index (χ4v) is 3.20. The van der Waals surface area contributed by atoms with Crippen molar-refractivity contribution < 1.29 is 13.2 Å². The van der Waals surface area contributed by atoms with Gasteiger partial charge in [-0.3, -0.25) is 4.79 Å². The van der Waals surface area contributed by atoms with Crippen LogP contribution in [0, 0.1) is 6.92 Å². The van der Waals surface area contributed by atoms with Gasteiger partial charge in [0.25, 0.3) is 0 Å². The number of hydrogen-bond acceptors (Lipinski definition) is 3. The van der Waals surface area contributed by atoms with E-state index < -0.39 is 10.0 Å². The van der Waals surface area contributed by atoms with Gasteiger partial charge in [-0.1, -0.05) is 50.3 Å². The molecule has 0 bridgehead atoms. The number of amides is 1. The molecule has 23 heavy (non-hydrogen) atoms. The lowest BCUT2D eigenvalue weighted by Gasteiger charge is -2.08. The Morgan fingerprint density at radius 2 is 1.65 bits per heavy atom. The molecular weight excluding hydrogens is 312 g/mol. The Kier molecular flexibility index (Phi) is 8.87. The first-order valence-electron chi connectivity index (χ1n) is 8.28. The standard InChI is InChI=1S/C17H28N2O3S/c1-3-4-5-6-7-8-17(20)18-13-14-19-23(21,22)16-11-9-15(2)10-12-16/h9-12,19H,3-8,13-14H2,1-2H3,(H,18,20). The van der Waals surface area contributed by atoms with E-state index in [1.807, 2.05) is 6.92 Å². The van der Waals surface area contributed by atoms with Gasteiger partial charge < -0.3 is 5.32 Å². The molecule has 0 unspecified atom stereocenters. The monoisotopic (exact) mass is 340 g/mol. The lowest BCUT2D eigenvalue weighted by molar-refractivity contribution is -0.121. The van der Waals surface area contributed by atoms with Gasteiger partial charge in [0.15, 0.2) is 0 Å². The van der Waals surface area contributed by atoms with E-state index in [-0.39, 0.29) is 17.3 Å². The van der Waals surface area contributed by atoms with E-state index in [1.54, 1.807) is 24.3 Å². The quantitative estimate of drug-likeness (QED) is 0.608. The van der Waals surface area contributed by atoms with Crippen LogP contribution in [-0.4, -0.2) is 27.4 Å². The van der Waals surface area contributed by atoms with Crippen LogP contribution in [0.1, 0.15) is 51.0 Å². The zero-order valence-corrected chi connectivity index (χ0v) is 14.9. The van der Waals surface area contributed by atoms with Crippen LogP contribution >= 0.6 is 0 Å². The Morgan fingerprint density at radius 3 is 2.30 bits per heavy atom. The summed E-state index contributed by atoms with van der Waals surface area (Å²) in [4.78, 5) is 11.9. The minimum atomic E-state index is -3.50. The zero-order chi connectivity index (χ0) is 17.1. The molecule has 0 aromatic heterocycles. The van der Waals surface area contributed by atoms with Crippen LogP contribution in [0.4, 0.5) is 0 Å². The van der Waals surface area contributed by atoms with Crippen molar-refractivity contribution in [1.29, 1.82) is 0 Å². The first-order valence-corrected chi connectivity index (χ1v) is 9.77. The van der Waals surface area contributed by atoms with Crippen LogP contribution in [0.15, 0.2) is 29.2 Å². The SMILES string of the molecule is CCCCCCCC(=O)NCCNS(=O)(=O)c1ccc(C)cc1. The van der Waals surface area contributed by atoms with Gasteiger partial charge in [0, 0.05) is 19.5 Å². The van der Waals surface area contributed by atoms with Gasteiger partial charge in [-0.2, -0.15) is 0 Å². The van der Waals surface area contributed by atoms with Crippen molar-refractivity contribution >= 4 is 15.9 Å². The van der Waals surface area contributed by atoms with Crippen molar-refractivity contribution in [2.24, 2.45) is 0 Å². The zero-order valence-electron chi connectivity index (χ0n) is 14.1. The summed E-state index contributed by atoms with van der Waals surface area (Å²) in [6.45, 7) is 4.56. The Balaban J connectivity index is 2.21. The van der Waals surface area contributed by atoms with Crippen LogP contribution in [0.5, 0.6) is 0 Å². The van der Waals surface area contributed by atoms with Crippen molar-refractivity contribution in [3.05, 3.63) is 29.8 Å². The number of carbonyl (C=O) groups is 1. The lowest BCUT2D eigenvalue weighted by atomic mass is 10.1. The van der Waals surface area contributed by atoms with E-state index in [0.717, 1.165) is 18.4 Å². The molecule has 0 atom stereocenters. The summed E-state index contributed by atoms with van der Waals surface area (Å²) in [5.41, 5.74) is 1.01. The van der Waals surface area contributed by atoms with Crippen LogP contribution in [0.2, 0.25) is 0 Å². The minimum Gasteiger partial charge on any atom is -0.355 e. The summed E-state index contributed by atoms with van der Waals surface area (Å²) < 4.78 is 26.6. The molecule has 1 aromatic rings. The first kappa shape index (κ1) is 19.6. The predicted octanol–water partition coefficient (Wildman–Crippen LogP) is 2.75. The molecule has 0 radical (unpaired) electrons. The number of nitrogens with one attached hydrogen (secondary N) is 2. The number of hydrogen-bond donors (Lipinski definition) is 2. The van der Waals surface area contributed by atoms with E-state index in [4.69, 9.17) is 0 Å². The maximum atomic E-state index is 12.0. The van der Waals surface area contributed by atoms with Gasteiger partial charge in [-0.15, -0.1) is 0 Å². The van der Waals surface area contributed by atoms with Gasteiger partial charge in [-0.25, -0.2) is 13.1 Å². The summed E-state index contributed by atoms with van der Waals surface area (Å²) in [5, 5.41) is 2.74. The molecule has 2 N–H and O–H groups in total. The molecule has 1 rings (SSSR count). The predicted molar refractivity (Wildman–Crippen MR) is 92.8 cm³/mol. The smallest absolute Gasteiger partial charge is 0.240 e. The molecule has 130 valence electrons. The van der Waals surface area contributed by atoms with Crippen molar-refractivity contribution in [2.45, 2.75) is 57.3 Å². The number of rotatable bonds is 11. The van der Waals surface area contributed by atoms with Crippen LogP contribution < -0.4 is 10.0 Å². The number of aryl methyl sites for hydroxylation is 1. The fourth-order valence-electron chi connectivity index (χ4n) is 2.17. The third-order valence-corrected chi connectivity index (χ3v) is 5.05. The first-order chi connectivity index (χ1) is 11.0. The number of carbonyl (C=O) groups excluding carboxylic acids is 1. The average molecular weight is 340 g/mol. The highest BCUT2D eigenvalue weighted by atomic mass is 32.2. The fraction of sp³-hybridized carbons (Fsp3) is 0.588. The van der Waals surface area contributed by atoms with Crippen LogP contribution in [0.3, 0.4) is 0 Å². The van der Waals surface area contributed by atoms with Gasteiger partial charge in [0.2, 0.25) is 15.9 Å². The second-order valence-corrected chi connectivity index (χ2v) is 7.49. The van der Waals surface area contributed by atoms with Crippen LogP contribution in [0.25, 0.3) is 0 Å². The normalized spacial score (nSPS) is 11.4. The second kappa shape index (κ2) is 10.4. The van der Waals surface area contributed by atoms with E-state index in [2.05, 4.69) is 17.0 Å². The highest BCUT2D eigenvalue weighted by Crippen LogP contribution is 2.09. The molecular formula is C17H28N2O3S. The summed E-state index contributed by atoms with van der Waals surface area (Å²) in [6.07, 6.45) is 6.03. The van der Waals surface area contributed by atoms with Crippen LogP contribution in [-0.2, 0) is 14.8 Å². The molecule has 0 fully saturated rings. The Bertz CT molecular complexity index is 568. The number of benzene rings is 1. The van der Waals surface area contributed by atoms with E-state index in [9.17, 15) is 13.2 Å². The van der Waals surface area contributed by atoms with Crippen molar-refractivity contribution in [2.75, 3.05) is 13.1 Å². The molecule has 1 amide bonds. The molecule has 0 aliphatic rings. The minimum absolute atomic E-state index is 0.0176. The maximum absolute atomic E-state index is 12.0. The van der Waals surface area contributed by atoms with Crippen molar-refractivity contribution in [3.63, 3.8) is 0 Å². The maximum Gasteiger partial charge on any atom is 0.240 e. The molecule has 5 nitrogen and oxygen atoms in total. The summed E-state index contributed by atoms with van der Waals surface area (Å²) in [7, 11) is -3.50. The van der Waals surface area contributed by atoms with Gasteiger partial charge in [-0.05, 0) is 25.5 Å². The van der Waals surface area contributed by atoms with Gasteiger partial charge in [0.1, 0.15) is 0 Å². The topological polar surface area (TPSA) is 75.3 Å². The van der Waals surface area contributed by atoms with E-state index in [1.165, 1.54) is 19.3 Å². The summed E-state index contributed by atoms with van der Waals surface area (Å²) >= 11 is 0. The second-order valence-electron chi connectivity index (χ2n) is 5.72. The molecule has 0 aliphatic heterocycles. The third kappa shape index (κ3) is 8.13. The molecule has 1 aromatic carbocycles. The largest absolute Gasteiger partial charge is 0.355 e. The van der Waals surface area contributed by atoms with E-state index >= 15 is 0 Å².